The van der Waals surface area contributed by atoms with E-state index in [-0.39, 0.29) is 12.0 Å². The Morgan fingerprint density at radius 3 is 3.09 bits per heavy atom. The number of hydrogen-bond donors (Lipinski definition) is 0. The van der Waals surface area contributed by atoms with E-state index >= 15 is 0 Å². The van der Waals surface area contributed by atoms with E-state index < -0.39 is 0 Å². The monoisotopic (exact) mass is 314 g/mol. The molecule has 0 saturated carbocycles. The highest BCUT2D eigenvalue weighted by molar-refractivity contribution is 7.15. The van der Waals surface area contributed by atoms with Crippen LogP contribution in [0.25, 0.3) is 0 Å². The minimum Gasteiger partial charge on any atom is -0.371 e. The maximum Gasteiger partial charge on any atom is 0.259 e. The number of anilines is 1. The summed E-state index contributed by atoms with van der Waals surface area (Å²) in [6.45, 7) is 0.745. The number of carbonyl (C=O) groups is 1. The normalized spacial score (nSPS) is 17.2. The van der Waals surface area contributed by atoms with Crippen molar-refractivity contribution in [3.8, 4) is 6.07 Å². The molecule has 6 nitrogen and oxygen atoms in total. The van der Waals surface area contributed by atoms with Crippen molar-refractivity contribution in [2.75, 3.05) is 18.6 Å². The lowest BCUT2D eigenvalue weighted by Crippen LogP contribution is -2.26. The third-order valence-electron chi connectivity index (χ3n) is 3.47. The van der Waals surface area contributed by atoms with Crippen molar-refractivity contribution in [3.63, 3.8) is 0 Å². The summed E-state index contributed by atoms with van der Waals surface area (Å²) in [5.74, 6) is -0.216. The molecule has 1 unspecified atom stereocenters. The standard InChI is InChI=1S/C15H14N4O2S/c1-19(14(20)11-5-2-4-10(8-11)9-16)15-18-17-13(22-15)12-6-3-7-21-12/h2,4-5,8,12H,3,6-7H2,1H3. The number of amides is 1. The summed E-state index contributed by atoms with van der Waals surface area (Å²) in [5.41, 5.74) is 0.909. The second-order valence-corrected chi connectivity index (χ2v) is 5.97. The third kappa shape index (κ3) is 2.84. The van der Waals surface area contributed by atoms with Gasteiger partial charge < -0.3 is 4.74 Å². The first kappa shape index (κ1) is 14.6. The molecule has 0 bridgehead atoms. The van der Waals surface area contributed by atoms with Crippen molar-refractivity contribution >= 4 is 22.4 Å². The maximum absolute atomic E-state index is 12.5. The molecule has 1 aromatic carbocycles. The predicted octanol–water partition coefficient (Wildman–Crippen LogP) is 2.54. The largest absolute Gasteiger partial charge is 0.371 e. The van der Waals surface area contributed by atoms with Crippen molar-refractivity contribution in [1.29, 1.82) is 5.26 Å². The minimum absolute atomic E-state index is 0.00308. The van der Waals surface area contributed by atoms with E-state index in [0.717, 1.165) is 24.5 Å². The van der Waals surface area contributed by atoms with Crippen LogP contribution in [0, 0.1) is 11.3 Å². The number of nitriles is 1. The summed E-state index contributed by atoms with van der Waals surface area (Å²) in [7, 11) is 1.65. The molecule has 0 N–H and O–H groups in total. The Balaban J connectivity index is 1.79. The van der Waals surface area contributed by atoms with Crippen LogP contribution < -0.4 is 4.90 Å². The average molecular weight is 314 g/mol. The van der Waals surface area contributed by atoms with Gasteiger partial charge in [0, 0.05) is 19.2 Å². The number of rotatable bonds is 3. The summed E-state index contributed by atoms with van der Waals surface area (Å²) >= 11 is 1.36. The fraction of sp³-hybridized carbons (Fsp3) is 0.333. The lowest BCUT2D eigenvalue weighted by atomic mass is 10.1. The lowest BCUT2D eigenvalue weighted by molar-refractivity contribution is 0.0993. The molecule has 0 radical (unpaired) electrons. The molecule has 1 atom stereocenters. The minimum atomic E-state index is -0.216. The molecule has 1 aliphatic heterocycles. The molecule has 0 aliphatic carbocycles. The Labute approximate surface area is 132 Å². The van der Waals surface area contributed by atoms with Gasteiger partial charge in [0.2, 0.25) is 5.13 Å². The number of ether oxygens (including phenoxy) is 1. The van der Waals surface area contributed by atoms with Gasteiger partial charge in [0.15, 0.2) is 0 Å². The van der Waals surface area contributed by atoms with Crippen molar-refractivity contribution in [2.24, 2.45) is 0 Å². The van der Waals surface area contributed by atoms with E-state index in [0.29, 0.717) is 16.3 Å². The molecule has 1 aromatic heterocycles. The molecular formula is C15H14N4O2S. The Morgan fingerprint density at radius 1 is 1.50 bits per heavy atom. The van der Waals surface area contributed by atoms with Crippen molar-refractivity contribution < 1.29 is 9.53 Å². The van der Waals surface area contributed by atoms with Gasteiger partial charge in [0.25, 0.3) is 5.91 Å². The SMILES string of the molecule is CN(C(=O)c1cccc(C#N)c1)c1nnc(C2CCCO2)s1. The summed E-state index contributed by atoms with van der Waals surface area (Å²) in [4.78, 5) is 13.9. The van der Waals surface area contributed by atoms with E-state index in [4.69, 9.17) is 10.00 Å². The zero-order valence-electron chi connectivity index (χ0n) is 12.0. The third-order valence-corrected chi connectivity index (χ3v) is 4.56. The second-order valence-electron chi connectivity index (χ2n) is 4.98. The molecule has 112 valence electrons. The van der Waals surface area contributed by atoms with Gasteiger partial charge in [0.1, 0.15) is 11.1 Å². The van der Waals surface area contributed by atoms with Gasteiger partial charge in [-0.15, -0.1) is 10.2 Å². The van der Waals surface area contributed by atoms with Gasteiger partial charge >= 0.3 is 0 Å². The summed E-state index contributed by atoms with van der Waals surface area (Å²) in [5, 5.41) is 18.4. The molecule has 2 aromatic rings. The van der Waals surface area contributed by atoms with E-state index in [1.807, 2.05) is 6.07 Å². The Hall–Kier alpha value is -2.30. The van der Waals surface area contributed by atoms with E-state index in [2.05, 4.69) is 10.2 Å². The smallest absolute Gasteiger partial charge is 0.259 e. The topological polar surface area (TPSA) is 79.1 Å². The van der Waals surface area contributed by atoms with Crippen molar-refractivity contribution in [1.82, 2.24) is 10.2 Å². The Bertz CT molecular complexity index is 731. The fourth-order valence-corrected chi connectivity index (χ4v) is 3.15. The Morgan fingerprint density at radius 2 is 2.36 bits per heavy atom. The zero-order valence-corrected chi connectivity index (χ0v) is 12.8. The second kappa shape index (κ2) is 6.22. The van der Waals surface area contributed by atoms with Crippen LogP contribution >= 0.6 is 11.3 Å². The number of aromatic nitrogens is 2. The van der Waals surface area contributed by atoms with Gasteiger partial charge in [-0.3, -0.25) is 9.69 Å². The van der Waals surface area contributed by atoms with Crippen molar-refractivity contribution in [3.05, 3.63) is 40.4 Å². The van der Waals surface area contributed by atoms with Crippen LogP contribution in [0.15, 0.2) is 24.3 Å². The van der Waals surface area contributed by atoms with Gasteiger partial charge in [-0.25, -0.2) is 0 Å². The van der Waals surface area contributed by atoms with E-state index in [1.54, 1.807) is 31.3 Å². The van der Waals surface area contributed by atoms with Gasteiger partial charge in [0.05, 0.1) is 11.6 Å². The van der Waals surface area contributed by atoms with Crippen molar-refractivity contribution in [2.45, 2.75) is 18.9 Å². The number of carbonyl (C=O) groups excluding carboxylic acids is 1. The lowest BCUT2D eigenvalue weighted by Gasteiger charge is -2.13. The molecular weight excluding hydrogens is 300 g/mol. The molecule has 1 saturated heterocycles. The summed E-state index contributed by atoms with van der Waals surface area (Å²) in [6.07, 6.45) is 1.96. The fourth-order valence-electron chi connectivity index (χ4n) is 2.27. The highest BCUT2D eigenvalue weighted by Gasteiger charge is 2.24. The molecule has 1 fully saturated rings. The number of hydrogen-bond acceptors (Lipinski definition) is 6. The van der Waals surface area contributed by atoms with Gasteiger partial charge in [-0.1, -0.05) is 17.4 Å². The highest BCUT2D eigenvalue weighted by atomic mass is 32.1. The molecule has 1 amide bonds. The molecule has 22 heavy (non-hydrogen) atoms. The zero-order chi connectivity index (χ0) is 15.5. The number of nitrogens with zero attached hydrogens (tertiary/aromatic N) is 4. The van der Waals surface area contributed by atoms with Crippen LogP contribution in [0.4, 0.5) is 5.13 Å². The van der Waals surface area contributed by atoms with Crippen LogP contribution in [-0.4, -0.2) is 29.8 Å². The first-order valence-corrected chi connectivity index (χ1v) is 7.74. The number of benzene rings is 1. The van der Waals surface area contributed by atoms with Crippen LogP contribution in [0.2, 0.25) is 0 Å². The molecule has 2 heterocycles. The van der Waals surface area contributed by atoms with Crippen LogP contribution in [-0.2, 0) is 4.74 Å². The van der Waals surface area contributed by atoms with Gasteiger partial charge in [-0.05, 0) is 31.0 Å². The van der Waals surface area contributed by atoms with Crippen LogP contribution in [0.1, 0.15) is 39.9 Å². The summed E-state index contributed by atoms with van der Waals surface area (Å²) < 4.78 is 5.58. The summed E-state index contributed by atoms with van der Waals surface area (Å²) in [6, 6.07) is 8.64. The van der Waals surface area contributed by atoms with E-state index in [9.17, 15) is 4.79 Å². The molecule has 3 rings (SSSR count). The maximum atomic E-state index is 12.5. The predicted molar refractivity (Wildman–Crippen MR) is 81.7 cm³/mol. The first-order valence-electron chi connectivity index (χ1n) is 6.92. The molecule has 0 spiro atoms. The first-order chi connectivity index (χ1) is 10.7. The van der Waals surface area contributed by atoms with E-state index in [1.165, 1.54) is 16.2 Å². The van der Waals surface area contributed by atoms with Crippen LogP contribution in [0.3, 0.4) is 0 Å². The highest BCUT2D eigenvalue weighted by Crippen LogP contribution is 2.33. The van der Waals surface area contributed by atoms with Crippen LogP contribution in [0.5, 0.6) is 0 Å². The quantitative estimate of drug-likeness (QED) is 0.870. The average Bonchev–Trinajstić information content (AvgIpc) is 3.24. The molecule has 7 heteroatoms. The Kier molecular flexibility index (Phi) is 4.13. The van der Waals surface area contributed by atoms with Gasteiger partial charge in [-0.2, -0.15) is 5.26 Å². The molecule has 1 aliphatic rings.